The van der Waals surface area contributed by atoms with Gasteiger partial charge in [0.05, 0.1) is 27.7 Å². The van der Waals surface area contributed by atoms with Crippen molar-refractivity contribution in [3.8, 4) is 16.9 Å². The van der Waals surface area contributed by atoms with Gasteiger partial charge in [-0.25, -0.2) is 0 Å². The van der Waals surface area contributed by atoms with Crippen LogP contribution in [0.1, 0.15) is 5.56 Å². The van der Waals surface area contributed by atoms with Crippen LogP contribution in [0.25, 0.3) is 59.7 Å². The van der Waals surface area contributed by atoms with Gasteiger partial charge in [-0.15, -0.1) is 11.3 Å². The second-order valence-electron chi connectivity index (χ2n) is 8.99. The third-order valence-electron chi connectivity index (χ3n) is 7.07. The summed E-state index contributed by atoms with van der Waals surface area (Å²) >= 11 is 1.81. The molecule has 0 aliphatic rings. The number of nitrogens with zero attached hydrogens (tertiary/aromatic N) is 2. The van der Waals surface area contributed by atoms with Crippen LogP contribution in [0.4, 0.5) is 0 Å². The summed E-state index contributed by atoms with van der Waals surface area (Å²) in [6, 6.07) is 35.5. The fourth-order valence-electron chi connectivity index (χ4n) is 5.44. The number of rotatable bonds is 2. The number of aryl methyl sites for hydroxylation is 2. The molecule has 0 N–H and O–H groups in total. The van der Waals surface area contributed by atoms with Crippen molar-refractivity contribution in [1.82, 2.24) is 4.57 Å². The van der Waals surface area contributed by atoms with Crippen molar-refractivity contribution < 1.29 is 4.57 Å². The highest BCUT2D eigenvalue weighted by Crippen LogP contribution is 2.37. The predicted octanol–water partition coefficient (Wildman–Crippen LogP) is 7.95. The first-order valence-corrected chi connectivity index (χ1v) is 12.5. The zero-order chi connectivity index (χ0) is 22.8. The topological polar surface area (TPSA) is 8.81 Å². The Morgan fingerprint density at radius 3 is 2.09 bits per heavy atom. The summed E-state index contributed by atoms with van der Waals surface area (Å²) in [5.41, 5.74) is 8.71. The molecule has 0 unspecified atom stereocenters. The van der Waals surface area contributed by atoms with Crippen LogP contribution in [-0.4, -0.2) is 4.57 Å². The lowest BCUT2D eigenvalue weighted by Crippen LogP contribution is -2.32. The van der Waals surface area contributed by atoms with Gasteiger partial charge in [-0.3, -0.25) is 0 Å². The van der Waals surface area contributed by atoms with Crippen LogP contribution in [0, 0.1) is 6.92 Å². The number of aromatic nitrogens is 2. The molecule has 0 fully saturated rings. The molecule has 3 heterocycles. The Morgan fingerprint density at radius 2 is 1.35 bits per heavy atom. The van der Waals surface area contributed by atoms with Crippen LogP contribution >= 0.6 is 11.3 Å². The second kappa shape index (κ2) is 7.28. The van der Waals surface area contributed by atoms with Gasteiger partial charge >= 0.3 is 0 Å². The number of thiophene rings is 1. The van der Waals surface area contributed by atoms with E-state index in [1.54, 1.807) is 11.3 Å². The summed E-state index contributed by atoms with van der Waals surface area (Å²) < 4.78 is 6.11. The van der Waals surface area contributed by atoms with Crippen LogP contribution in [0.15, 0.2) is 102 Å². The van der Waals surface area contributed by atoms with E-state index in [0.717, 1.165) is 0 Å². The molecule has 0 saturated carbocycles. The van der Waals surface area contributed by atoms with Gasteiger partial charge in [-0.1, -0.05) is 48.5 Å². The largest absolute Gasteiger partial charge is 0.308 e. The van der Waals surface area contributed by atoms with Gasteiger partial charge in [-0.2, -0.15) is 4.57 Å². The summed E-state index contributed by atoms with van der Waals surface area (Å²) in [7, 11) is 2.19. The van der Waals surface area contributed by atoms with E-state index in [9.17, 15) is 0 Å². The fourth-order valence-corrected chi connectivity index (χ4v) is 6.25. The minimum absolute atomic E-state index is 1.21. The molecule has 0 saturated heterocycles. The third-order valence-corrected chi connectivity index (χ3v) is 7.95. The maximum absolute atomic E-state index is 2.44. The van der Waals surface area contributed by atoms with Gasteiger partial charge in [0.25, 0.3) is 0 Å². The van der Waals surface area contributed by atoms with Gasteiger partial charge < -0.3 is 4.57 Å². The number of hydrogen-bond acceptors (Lipinski definition) is 1. The molecule has 162 valence electrons. The maximum Gasteiger partial charge on any atom is 0.215 e. The minimum atomic E-state index is 1.21. The summed E-state index contributed by atoms with van der Waals surface area (Å²) in [5, 5.41) is 7.31. The molecule has 7 aromatic rings. The standard InChI is InChI=1S/C31H23N2S/c1-20-17-21-15-16-34-31(21)18-25(20)29-19-30(24-11-5-6-12-26(24)32(29)2)33-27-13-7-3-9-22(27)23-10-4-8-14-28(23)33/h3-19H,1-2H3/q+1. The van der Waals surface area contributed by atoms with E-state index in [4.69, 9.17) is 0 Å². The number of benzene rings is 4. The first-order valence-electron chi connectivity index (χ1n) is 11.6. The van der Waals surface area contributed by atoms with Crippen molar-refractivity contribution in [3.63, 3.8) is 0 Å². The van der Waals surface area contributed by atoms with E-state index < -0.39 is 0 Å². The lowest BCUT2D eigenvalue weighted by molar-refractivity contribution is -0.633. The summed E-state index contributed by atoms with van der Waals surface area (Å²) in [6.07, 6.45) is 0. The second-order valence-corrected chi connectivity index (χ2v) is 9.93. The lowest BCUT2D eigenvalue weighted by atomic mass is 10.0. The molecule has 0 atom stereocenters. The average Bonchev–Trinajstić information content (AvgIpc) is 3.46. The maximum atomic E-state index is 2.44. The highest BCUT2D eigenvalue weighted by atomic mass is 32.1. The Morgan fingerprint density at radius 1 is 0.706 bits per heavy atom. The first-order chi connectivity index (χ1) is 16.7. The van der Waals surface area contributed by atoms with Crippen molar-refractivity contribution in [3.05, 3.63) is 108 Å². The molecule has 7 rings (SSSR count). The highest BCUT2D eigenvalue weighted by Gasteiger charge is 2.23. The van der Waals surface area contributed by atoms with E-state index >= 15 is 0 Å². The van der Waals surface area contributed by atoms with E-state index in [-0.39, 0.29) is 0 Å². The van der Waals surface area contributed by atoms with Gasteiger partial charge in [0.2, 0.25) is 11.2 Å². The van der Waals surface area contributed by atoms with E-state index in [1.807, 2.05) is 0 Å². The molecule has 0 aliphatic carbocycles. The van der Waals surface area contributed by atoms with E-state index in [1.165, 1.54) is 65.3 Å². The van der Waals surface area contributed by atoms with Crippen LogP contribution < -0.4 is 4.57 Å². The van der Waals surface area contributed by atoms with Crippen molar-refractivity contribution in [1.29, 1.82) is 0 Å². The van der Waals surface area contributed by atoms with Crippen LogP contribution in [-0.2, 0) is 7.05 Å². The zero-order valence-corrected chi connectivity index (χ0v) is 19.9. The van der Waals surface area contributed by atoms with Crippen molar-refractivity contribution in [2.45, 2.75) is 6.92 Å². The molecular weight excluding hydrogens is 432 g/mol. The van der Waals surface area contributed by atoms with E-state index in [0.29, 0.717) is 0 Å². The Labute approximate surface area is 201 Å². The van der Waals surface area contributed by atoms with Crippen LogP contribution in [0.5, 0.6) is 0 Å². The molecule has 0 bridgehead atoms. The predicted molar refractivity (Wildman–Crippen MR) is 145 cm³/mol. The van der Waals surface area contributed by atoms with Gasteiger partial charge in [0.15, 0.2) is 0 Å². The number of hydrogen-bond donors (Lipinski definition) is 0. The quantitative estimate of drug-likeness (QED) is 0.234. The third kappa shape index (κ3) is 2.71. The molecule has 0 spiro atoms. The smallest absolute Gasteiger partial charge is 0.215 e. The van der Waals surface area contributed by atoms with E-state index in [2.05, 4.69) is 126 Å². The molecule has 0 aliphatic heterocycles. The van der Waals surface area contributed by atoms with Crippen LogP contribution in [0.3, 0.4) is 0 Å². The minimum Gasteiger partial charge on any atom is -0.308 e. The monoisotopic (exact) mass is 455 g/mol. The number of para-hydroxylation sites is 3. The molecule has 2 nitrogen and oxygen atoms in total. The van der Waals surface area contributed by atoms with Gasteiger partial charge in [-0.05, 0) is 59.7 Å². The van der Waals surface area contributed by atoms with Gasteiger partial charge in [0.1, 0.15) is 7.05 Å². The number of fused-ring (bicyclic) bond motifs is 5. The summed E-state index contributed by atoms with van der Waals surface area (Å²) in [5.74, 6) is 0. The fraction of sp³-hybridized carbons (Fsp3) is 0.0645. The van der Waals surface area contributed by atoms with Crippen molar-refractivity contribution >= 4 is 54.1 Å². The number of pyridine rings is 1. The molecular formula is C31H23N2S+. The molecule has 4 aromatic carbocycles. The average molecular weight is 456 g/mol. The lowest BCUT2D eigenvalue weighted by Gasteiger charge is -2.14. The Balaban J connectivity index is 1.65. The normalized spacial score (nSPS) is 11.8. The summed E-state index contributed by atoms with van der Waals surface area (Å²) in [4.78, 5) is 0. The molecule has 3 heteroatoms. The highest BCUT2D eigenvalue weighted by molar-refractivity contribution is 7.17. The van der Waals surface area contributed by atoms with Crippen molar-refractivity contribution in [2.75, 3.05) is 0 Å². The first kappa shape index (κ1) is 19.5. The van der Waals surface area contributed by atoms with Crippen LogP contribution in [0.2, 0.25) is 0 Å². The molecule has 0 radical (unpaired) electrons. The molecule has 34 heavy (non-hydrogen) atoms. The molecule has 3 aromatic heterocycles. The Kier molecular flexibility index (Phi) is 4.18. The summed E-state index contributed by atoms with van der Waals surface area (Å²) in [6.45, 7) is 2.22. The van der Waals surface area contributed by atoms with Gasteiger partial charge in [0, 0.05) is 27.6 Å². The Hall–Kier alpha value is -3.95. The molecule has 0 amide bonds. The zero-order valence-electron chi connectivity index (χ0n) is 19.1. The Bertz CT molecular complexity index is 1830. The van der Waals surface area contributed by atoms with Crippen molar-refractivity contribution in [2.24, 2.45) is 7.05 Å². The SMILES string of the molecule is Cc1cc2ccsc2cc1-c1cc(-n2c3ccccc3c3ccccc32)c2ccccc2[n+]1C.